The fourth-order valence-corrected chi connectivity index (χ4v) is 4.89. The number of thiophene rings is 1. The maximum Gasteiger partial charge on any atom is 0.234 e. The molecule has 4 aromatic rings. The number of hydrogen-bond acceptors (Lipinski definition) is 5. The Morgan fingerprint density at radius 1 is 1.03 bits per heavy atom. The third kappa shape index (κ3) is 4.33. The third-order valence-corrected chi connectivity index (χ3v) is 6.58. The van der Waals surface area contributed by atoms with Crippen molar-refractivity contribution in [3.8, 4) is 11.1 Å². The van der Waals surface area contributed by atoms with Crippen molar-refractivity contribution in [2.24, 2.45) is 0 Å². The van der Waals surface area contributed by atoms with Gasteiger partial charge in [-0.3, -0.25) is 4.79 Å². The largest absolute Gasteiger partial charge is 0.325 e. The number of rotatable bonds is 5. The highest BCUT2D eigenvalue weighted by Gasteiger charge is 2.15. The predicted octanol–water partition coefficient (Wildman–Crippen LogP) is 6.01. The van der Waals surface area contributed by atoms with Crippen molar-refractivity contribution in [2.75, 3.05) is 11.1 Å². The molecule has 6 heteroatoms. The molecule has 0 aliphatic rings. The Labute approximate surface area is 178 Å². The van der Waals surface area contributed by atoms with E-state index in [0.29, 0.717) is 5.75 Å². The molecule has 0 aliphatic carbocycles. The Bertz CT molecular complexity index is 1180. The number of aromatic nitrogens is 2. The SMILES string of the molecule is Cc1ccc(-c2csc3ncnc(SCC(=O)Nc4cc(C)ccc4C)c23)cc1. The Morgan fingerprint density at radius 2 is 1.79 bits per heavy atom. The quantitative estimate of drug-likeness (QED) is 0.318. The molecule has 0 aliphatic heterocycles. The van der Waals surface area contributed by atoms with Gasteiger partial charge >= 0.3 is 0 Å². The van der Waals surface area contributed by atoms with Crippen LogP contribution in [0.3, 0.4) is 0 Å². The van der Waals surface area contributed by atoms with Crippen molar-refractivity contribution >= 4 is 44.9 Å². The number of fused-ring (bicyclic) bond motifs is 1. The molecule has 4 nitrogen and oxygen atoms in total. The van der Waals surface area contributed by atoms with Crippen LogP contribution in [-0.2, 0) is 4.79 Å². The van der Waals surface area contributed by atoms with Crippen molar-refractivity contribution in [3.05, 3.63) is 70.9 Å². The van der Waals surface area contributed by atoms with Crippen molar-refractivity contribution < 1.29 is 4.79 Å². The van der Waals surface area contributed by atoms with Gasteiger partial charge in [0.15, 0.2) is 0 Å². The zero-order chi connectivity index (χ0) is 20.4. The lowest BCUT2D eigenvalue weighted by Crippen LogP contribution is -2.15. The van der Waals surface area contributed by atoms with Gasteiger partial charge in [0.05, 0.1) is 11.1 Å². The normalized spacial score (nSPS) is 11.0. The van der Waals surface area contributed by atoms with Gasteiger partial charge < -0.3 is 5.32 Å². The van der Waals surface area contributed by atoms with E-state index in [-0.39, 0.29) is 5.91 Å². The zero-order valence-electron chi connectivity index (χ0n) is 16.5. The average molecular weight is 420 g/mol. The molecule has 2 heterocycles. The molecule has 29 heavy (non-hydrogen) atoms. The Morgan fingerprint density at radius 3 is 2.59 bits per heavy atom. The van der Waals surface area contributed by atoms with Crippen molar-refractivity contribution in [1.29, 1.82) is 0 Å². The number of hydrogen-bond donors (Lipinski definition) is 1. The number of anilines is 1. The summed E-state index contributed by atoms with van der Waals surface area (Å²) < 4.78 is 0. The van der Waals surface area contributed by atoms with E-state index in [1.807, 2.05) is 32.0 Å². The molecule has 0 saturated heterocycles. The summed E-state index contributed by atoms with van der Waals surface area (Å²) in [7, 11) is 0. The summed E-state index contributed by atoms with van der Waals surface area (Å²) in [6.45, 7) is 6.09. The van der Waals surface area contributed by atoms with Crippen LogP contribution < -0.4 is 5.32 Å². The standard InChI is InChI=1S/C23H21N3OS2/c1-14-5-8-17(9-6-14)18-11-28-22-21(18)23(25-13-24-22)29-12-20(27)26-19-10-15(2)4-7-16(19)3/h4-11,13H,12H2,1-3H3,(H,26,27). The molecule has 4 rings (SSSR count). The first-order valence-electron chi connectivity index (χ1n) is 9.30. The predicted molar refractivity (Wildman–Crippen MR) is 123 cm³/mol. The maximum absolute atomic E-state index is 12.5. The van der Waals surface area contributed by atoms with Gasteiger partial charge in [-0.2, -0.15) is 0 Å². The number of thioether (sulfide) groups is 1. The van der Waals surface area contributed by atoms with Crippen LogP contribution in [0.5, 0.6) is 0 Å². The van der Waals surface area contributed by atoms with E-state index in [1.54, 1.807) is 17.7 Å². The molecule has 1 N–H and O–H groups in total. The minimum absolute atomic E-state index is 0.0393. The summed E-state index contributed by atoms with van der Waals surface area (Å²) >= 11 is 3.05. The van der Waals surface area contributed by atoms with Gasteiger partial charge in [0.25, 0.3) is 0 Å². The zero-order valence-corrected chi connectivity index (χ0v) is 18.2. The Kier molecular flexibility index (Phi) is 5.65. The lowest BCUT2D eigenvalue weighted by Gasteiger charge is -2.10. The number of aryl methyl sites for hydroxylation is 3. The Hall–Kier alpha value is -2.70. The average Bonchev–Trinajstić information content (AvgIpc) is 3.14. The second-order valence-corrected chi connectivity index (χ2v) is 8.85. The minimum atomic E-state index is -0.0393. The van der Waals surface area contributed by atoms with E-state index in [4.69, 9.17) is 0 Å². The molecule has 0 radical (unpaired) electrons. The first-order chi connectivity index (χ1) is 14.0. The van der Waals surface area contributed by atoms with E-state index in [0.717, 1.165) is 43.2 Å². The van der Waals surface area contributed by atoms with Crippen molar-refractivity contribution in [2.45, 2.75) is 25.8 Å². The summed E-state index contributed by atoms with van der Waals surface area (Å²) in [6, 6.07) is 14.5. The van der Waals surface area contributed by atoms with Crippen LogP contribution in [0.1, 0.15) is 16.7 Å². The molecule has 0 fully saturated rings. The number of nitrogens with one attached hydrogen (secondary N) is 1. The van der Waals surface area contributed by atoms with Gasteiger partial charge in [-0.25, -0.2) is 9.97 Å². The van der Waals surface area contributed by atoms with Crippen LogP contribution in [0.2, 0.25) is 0 Å². The number of amides is 1. The number of carbonyl (C=O) groups excluding carboxylic acids is 1. The van der Waals surface area contributed by atoms with Gasteiger partial charge in [-0.05, 0) is 43.5 Å². The maximum atomic E-state index is 12.5. The first-order valence-corrected chi connectivity index (χ1v) is 11.2. The van der Waals surface area contributed by atoms with Crippen LogP contribution in [0.25, 0.3) is 21.3 Å². The Balaban J connectivity index is 1.56. The van der Waals surface area contributed by atoms with E-state index in [9.17, 15) is 4.79 Å². The smallest absolute Gasteiger partial charge is 0.234 e. The number of nitrogens with zero attached hydrogens (tertiary/aromatic N) is 2. The summed E-state index contributed by atoms with van der Waals surface area (Å²) in [4.78, 5) is 22.4. The van der Waals surface area contributed by atoms with Crippen LogP contribution in [0.4, 0.5) is 5.69 Å². The second-order valence-electron chi connectivity index (χ2n) is 7.03. The molecule has 0 saturated carbocycles. The van der Waals surface area contributed by atoms with E-state index < -0.39 is 0 Å². The second kappa shape index (κ2) is 8.35. The number of benzene rings is 2. The van der Waals surface area contributed by atoms with Gasteiger partial charge in [-0.15, -0.1) is 11.3 Å². The summed E-state index contributed by atoms with van der Waals surface area (Å²) in [6.07, 6.45) is 1.57. The fraction of sp³-hybridized carbons (Fsp3) is 0.174. The molecule has 1 amide bonds. The van der Waals surface area contributed by atoms with Crippen molar-refractivity contribution in [1.82, 2.24) is 9.97 Å². The number of carbonyl (C=O) groups is 1. The summed E-state index contributed by atoms with van der Waals surface area (Å²) in [5.41, 5.74) is 6.51. The van der Waals surface area contributed by atoms with Crippen LogP contribution in [0.15, 0.2) is 59.2 Å². The molecular formula is C23H21N3OS2. The lowest BCUT2D eigenvalue weighted by atomic mass is 10.1. The molecule has 2 aromatic carbocycles. The molecular weight excluding hydrogens is 398 g/mol. The van der Waals surface area contributed by atoms with E-state index >= 15 is 0 Å². The van der Waals surface area contributed by atoms with Crippen LogP contribution in [0, 0.1) is 20.8 Å². The van der Waals surface area contributed by atoms with Crippen LogP contribution in [-0.4, -0.2) is 21.6 Å². The van der Waals surface area contributed by atoms with Gasteiger partial charge in [0.1, 0.15) is 16.2 Å². The highest BCUT2D eigenvalue weighted by molar-refractivity contribution is 8.00. The third-order valence-electron chi connectivity index (χ3n) is 4.71. The molecule has 0 spiro atoms. The molecule has 0 atom stereocenters. The van der Waals surface area contributed by atoms with Crippen molar-refractivity contribution in [3.63, 3.8) is 0 Å². The molecule has 0 bridgehead atoms. The van der Waals surface area contributed by atoms with Gasteiger partial charge in [0.2, 0.25) is 5.91 Å². The van der Waals surface area contributed by atoms with Crippen LogP contribution >= 0.6 is 23.1 Å². The molecule has 0 unspecified atom stereocenters. The minimum Gasteiger partial charge on any atom is -0.325 e. The highest BCUT2D eigenvalue weighted by Crippen LogP contribution is 2.37. The monoisotopic (exact) mass is 419 g/mol. The highest BCUT2D eigenvalue weighted by atomic mass is 32.2. The topological polar surface area (TPSA) is 54.9 Å². The molecule has 146 valence electrons. The first kappa shape index (κ1) is 19.6. The van der Waals surface area contributed by atoms with Gasteiger partial charge in [0, 0.05) is 16.6 Å². The summed E-state index contributed by atoms with van der Waals surface area (Å²) in [5.74, 6) is 0.255. The van der Waals surface area contributed by atoms with E-state index in [2.05, 4.69) is 51.9 Å². The van der Waals surface area contributed by atoms with Gasteiger partial charge in [-0.1, -0.05) is 53.7 Å². The fourth-order valence-electron chi connectivity index (χ4n) is 3.09. The lowest BCUT2D eigenvalue weighted by molar-refractivity contribution is -0.113. The van der Waals surface area contributed by atoms with E-state index in [1.165, 1.54) is 17.3 Å². The summed E-state index contributed by atoms with van der Waals surface area (Å²) in [5, 5.41) is 6.99. The molecule has 2 aromatic heterocycles.